The lowest BCUT2D eigenvalue weighted by atomic mass is 9.99. The number of benzene rings is 5. The van der Waals surface area contributed by atoms with E-state index in [4.69, 9.17) is 4.74 Å². The van der Waals surface area contributed by atoms with Crippen LogP contribution in [0.25, 0.3) is 11.1 Å². The van der Waals surface area contributed by atoms with Gasteiger partial charge in [-0.2, -0.15) is 0 Å². The van der Waals surface area contributed by atoms with E-state index in [1.165, 1.54) is 0 Å². The molecule has 0 aliphatic heterocycles. The van der Waals surface area contributed by atoms with Crippen LogP contribution in [-0.4, -0.2) is 17.7 Å². The Morgan fingerprint density at radius 1 is 0.447 bits per heavy atom. The molecule has 0 saturated heterocycles. The summed E-state index contributed by atoms with van der Waals surface area (Å²) in [5.41, 5.74) is 5.27. The molecule has 5 rings (SSSR count). The van der Waals surface area contributed by atoms with Crippen LogP contribution in [0.2, 0.25) is 0 Å². The van der Waals surface area contributed by atoms with Crippen LogP contribution in [0.15, 0.2) is 140 Å². The second-order valence-electron chi connectivity index (χ2n) is 8.50. The summed E-state index contributed by atoms with van der Waals surface area (Å²) in [6.07, 6.45) is 0. The molecule has 0 aliphatic carbocycles. The average Bonchev–Trinajstić information content (AvgIpc) is 2.99. The summed E-state index contributed by atoms with van der Waals surface area (Å²) < 4.78 is 4.83. The van der Waals surface area contributed by atoms with E-state index in [0.717, 1.165) is 27.8 Å². The fourth-order valence-electron chi connectivity index (χ4n) is 3.78. The maximum absolute atomic E-state index is 12.3. The Morgan fingerprint density at radius 3 is 1.47 bits per heavy atom. The molecule has 5 aromatic rings. The van der Waals surface area contributed by atoms with Gasteiger partial charge in [0, 0.05) is 11.1 Å². The lowest BCUT2D eigenvalue weighted by Gasteiger charge is -2.05. The number of esters is 2. The molecule has 0 aliphatic rings. The van der Waals surface area contributed by atoms with Crippen molar-refractivity contribution in [3.05, 3.63) is 167 Å². The van der Waals surface area contributed by atoms with Crippen LogP contribution in [0.5, 0.6) is 0 Å². The zero-order chi connectivity index (χ0) is 26.7. The van der Waals surface area contributed by atoms with Crippen LogP contribution in [0.3, 0.4) is 0 Å². The molecule has 0 amide bonds. The predicted octanol–water partition coefficient (Wildman–Crippen LogP) is 7.58. The Labute approximate surface area is 222 Å². The van der Waals surface area contributed by atoms with E-state index in [2.05, 4.69) is 12.1 Å². The Morgan fingerprint density at radius 2 is 0.895 bits per heavy atom. The average molecular weight is 499 g/mol. The van der Waals surface area contributed by atoms with Crippen molar-refractivity contribution in [2.75, 3.05) is 0 Å². The minimum Gasteiger partial charge on any atom is -0.386 e. The molecule has 0 bridgehead atoms. The molecular formula is C34H26O4. The molecule has 0 radical (unpaired) electrons. The number of aryl methyl sites for hydroxylation is 1. The number of ether oxygens (including phenoxy) is 1. The Bertz CT molecular complexity index is 1510. The van der Waals surface area contributed by atoms with Gasteiger partial charge >= 0.3 is 11.9 Å². The largest absolute Gasteiger partial charge is 0.386 e. The highest BCUT2D eigenvalue weighted by atomic mass is 16.6. The SMILES string of the molecule is Cc1ccccc1C(=O)OC(=O)c1ccccc1.O=C(c1ccccc1)c1ccc(-c2ccccc2)cc1. The number of ketones is 1. The molecule has 0 spiro atoms. The molecular weight excluding hydrogens is 472 g/mol. The van der Waals surface area contributed by atoms with Gasteiger partial charge in [-0.25, -0.2) is 9.59 Å². The molecule has 0 unspecified atom stereocenters. The number of carbonyl (C=O) groups excluding carboxylic acids is 3. The second-order valence-corrected chi connectivity index (χ2v) is 8.50. The van der Waals surface area contributed by atoms with Gasteiger partial charge in [0.05, 0.1) is 11.1 Å². The van der Waals surface area contributed by atoms with Crippen molar-refractivity contribution in [3.63, 3.8) is 0 Å². The van der Waals surface area contributed by atoms with Crippen molar-refractivity contribution in [1.29, 1.82) is 0 Å². The summed E-state index contributed by atoms with van der Waals surface area (Å²) in [4.78, 5) is 35.8. The van der Waals surface area contributed by atoms with Crippen LogP contribution in [-0.2, 0) is 4.74 Å². The Balaban J connectivity index is 0.000000178. The summed E-state index contributed by atoms with van der Waals surface area (Å²) in [6.45, 7) is 1.80. The first kappa shape index (κ1) is 26.0. The van der Waals surface area contributed by atoms with Crippen molar-refractivity contribution in [2.24, 2.45) is 0 Å². The van der Waals surface area contributed by atoms with Crippen LogP contribution in [0, 0.1) is 6.92 Å². The first-order valence-electron chi connectivity index (χ1n) is 12.2. The lowest BCUT2D eigenvalue weighted by Crippen LogP contribution is -2.13. The molecule has 0 fully saturated rings. The summed E-state index contributed by atoms with van der Waals surface area (Å²) in [7, 11) is 0. The second kappa shape index (κ2) is 12.7. The maximum Gasteiger partial charge on any atom is 0.346 e. The molecule has 4 nitrogen and oxygen atoms in total. The first-order valence-corrected chi connectivity index (χ1v) is 12.2. The molecule has 0 N–H and O–H groups in total. The van der Waals surface area contributed by atoms with Gasteiger partial charge in [-0.1, -0.05) is 121 Å². The number of carbonyl (C=O) groups is 3. The van der Waals surface area contributed by atoms with E-state index in [9.17, 15) is 14.4 Å². The van der Waals surface area contributed by atoms with Gasteiger partial charge < -0.3 is 4.74 Å². The fraction of sp³-hybridized carbons (Fsp3) is 0.0294. The number of hydrogen-bond acceptors (Lipinski definition) is 4. The molecule has 0 saturated carbocycles. The normalized spacial score (nSPS) is 10.0. The predicted molar refractivity (Wildman–Crippen MR) is 149 cm³/mol. The van der Waals surface area contributed by atoms with Gasteiger partial charge in [0.15, 0.2) is 5.78 Å². The van der Waals surface area contributed by atoms with Crippen molar-refractivity contribution in [1.82, 2.24) is 0 Å². The van der Waals surface area contributed by atoms with Gasteiger partial charge in [-0.15, -0.1) is 0 Å². The summed E-state index contributed by atoms with van der Waals surface area (Å²) in [5.74, 6) is -1.20. The summed E-state index contributed by atoms with van der Waals surface area (Å²) in [5, 5.41) is 0. The van der Waals surface area contributed by atoms with E-state index in [1.54, 1.807) is 55.5 Å². The Hall–Kier alpha value is -5.09. The van der Waals surface area contributed by atoms with Crippen molar-refractivity contribution in [3.8, 4) is 11.1 Å². The van der Waals surface area contributed by atoms with E-state index in [1.807, 2.05) is 78.9 Å². The minimum absolute atomic E-state index is 0.0604. The van der Waals surface area contributed by atoms with Crippen molar-refractivity contribution >= 4 is 17.7 Å². The highest BCUT2D eigenvalue weighted by Gasteiger charge is 2.15. The van der Waals surface area contributed by atoms with Gasteiger partial charge in [-0.3, -0.25) is 4.79 Å². The van der Waals surface area contributed by atoms with Crippen LogP contribution in [0.1, 0.15) is 42.2 Å². The van der Waals surface area contributed by atoms with E-state index in [0.29, 0.717) is 11.1 Å². The smallest absolute Gasteiger partial charge is 0.346 e. The monoisotopic (exact) mass is 498 g/mol. The van der Waals surface area contributed by atoms with Gasteiger partial charge in [0.25, 0.3) is 0 Å². The Kier molecular flexibility index (Phi) is 8.72. The third-order valence-corrected chi connectivity index (χ3v) is 5.85. The third-order valence-electron chi connectivity index (χ3n) is 5.85. The van der Waals surface area contributed by atoms with E-state index >= 15 is 0 Å². The molecule has 186 valence electrons. The zero-order valence-electron chi connectivity index (χ0n) is 20.9. The molecule has 0 aromatic heterocycles. The quantitative estimate of drug-likeness (QED) is 0.142. The molecule has 0 heterocycles. The van der Waals surface area contributed by atoms with Crippen molar-refractivity contribution < 1.29 is 19.1 Å². The molecule has 4 heteroatoms. The maximum atomic E-state index is 12.3. The highest BCUT2D eigenvalue weighted by Crippen LogP contribution is 2.20. The summed E-state index contributed by atoms with van der Waals surface area (Å²) >= 11 is 0. The first-order chi connectivity index (χ1) is 18.5. The topological polar surface area (TPSA) is 60.4 Å². The third kappa shape index (κ3) is 6.77. The highest BCUT2D eigenvalue weighted by molar-refractivity contribution is 6.09. The van der Waals surface area contributed by atoms with Crippen LogP contribution >= 0.6 is 0 Å². The molecule has 0 atom stereocenters. The van der Waals surface area contributed by atoms with Crippen molar-refractivity contribution in [2.45, 2.75) is 6.92 Å². The summed E-state index contributed by atoms with van der Waals surface area (Å²) in [6, 6.07) is 42.7. The van der Waals surface area contributed by atoms with Crippen LogP contribution in [0.4, 0.5) is 0 Å². The zero-order valence-corrected chi connectivity index (χ0v) is 20.9. The van der Waals surface area contributed by atoms with Gasteiger partial charge in [-0.05, 0) is 41.8 Å². The molecule has 38 heavy (non-hydrogen) atoms. The van der Waals surface area contributed by atoms with Crippen LogP contribution < -0.4 is 0 Å². The van der Waals surface area contributed by atoms with Gasteiger partial charge in [0.2, 0.25) is 0 Å². The van der Waals surface area contributed by atoms with E-state index < -0.39 is 11.9 Å². The number of rotatable bonds is 5. The van der Waals surface area contributed by atoms with Gasteiger partial charge in [0.1, 0.15) is 0 Å². The standard InChI is InChI=1S/C19H14O.C15H12O3/c20-19(17-9-5-2-6-10-17)18-13-11-16(12-14-18)15-7-3-1-4-8-15;1-11-7-5-6-10-13(11)15(17)18-14(16)12-8-3-2-4-9-12/h1-14H;2-10H,1H3. The molecule has 5 aromatic carbocycles. The van der Waals surface area contributed by atoms with E-state index in [-0.39, 0.29) is 5.78 Å². The minimum atomic E-state index is -0.635. The number of hydrogen-bond donors (Lipinski definition) is 0. The fourth-order valence-corrected chi connectivity index (χ4v) is 3.78. The lowest BCUT2D eigenvalue weighted by molar-refractivity contribution is 0.0397.